The van der Waals surface area contributed by atoms with Crippen LogP contribution in [0.1, 0.15) is 25.1 Å². The Morgan fingerprint density at radius 1 is 1.62 bits per heavy atom. The highest BCUT2D eigenvalue weighted by Gasteiger charge is 2.21. The summed E-state index contributed by atoms with van der Waals surface area (Å²) in [4.78, 5) is 0. The van der Waals surface area contributed by atoms with Crippen molar-refractivity contribution in [3.8, 4) is 0 Å². The third-order valence-electron chi connectivity index (χ3n) is 2.04. The monoisotopic (exact) mass is 266 g/mol. The number of nitrogens with zero attached hydrogens (tertiary/aromatic N) is 2. The van der Waals surface area contributed by atoms with Crippen LogP contribution in [-0.4, -0.2) is 35.3 Å². The highest BCUT2D eigenvalue weighted by atomic mass is 35.5. The summed E-state index contributed by atoms with van der Waals surface area (Å²) >= 11 is 5.87. The molecule has 0 spiro atoms. The van der Waals surface area contributed by atoms with Gasteiger partial charge < -0.3 is 5.11 Å². The lowest BCUT2D eigenvalue weighted by Gasteiger charge is -2.12. The van der Waals surface area contributed by atoms with E-state index in [2.05, 4.69) is 5.10 Å². The lowest BCUT2D eigenvalue weighted by molar-refractivity contribution is 0.189. The largest absolute Gasteiger partial charge is 0.386 e. The Morgan fingerprint density at radius 3 is 2.75 bits per heavy atom. The second-order valence-corrected chi connectivity index (χ2v) is 6.30. The van der Waals surface area contributed by atoms with Crippen LogP contribution in [0.4, 0.5) is 0 Å². The molecule has 0 aliphatic carbocycles. The fourth-order valence-electron chi connectivity index (χ4n) is 1.46. The van der Waals surface area contributed by atoms with Crippen molar-refractivity contribution >= 4 is 21.4 Å². The van der Waals surface area contributed by atoms with Crippen molar-refractivity contribution < 1.29 is 13.5 Å². The number of hydrogen-bond donors (Lipinski definition) is 1. The summed E-state index contributed by atoms with van der Waals surface area (Å²) in [5, 5.41) is 14.1. The standard InChI is InChI=1S/C9H15ClN2O3S/c1-3-4-12-9(7(10)5-11-12)8(13)6-16(2,14)15/h5,8,13H,3-4,6H2,1-2H3. The van der Waals surface area contributed by atoms with E-state index in [9.17, 15) is 13.5 Å². The van der Waals surface area contributed by atoms with Gasteiger partial charge in [-0.25, -0.2) is 8.42 Å². The lowest BCUT2D eigenvalue weighted by atomic mass is 10.3. The molecule has 0 aliphatic heterocycles. The number of aromatic nitrogens is 2. The van der Waals surface area contributed by atoms with Gasteiger partial charge in [0.15, 0.2) is 0 Å². The quantitative estimate of drug-likeness (QED) is 0.864. The molecule has 0 fully saturated rings. The van der Waals surface area contributed by atoms with Crippen LogP contribution in [0.3, 0.4) is 0 Å². The van der Waals surface area contributed by atoms with Crippen molar-refractivity contribution in [2.24, 2.45) is 0 Å². The molecule has 1 atom stereocenters. The second kappa shape index (κ2) is 5.16. The van der Waals surface area contributed by atoms with Crippen LogP contribution in [0.25, 0.3) is 0 Å². The zero-order valence-corrected chi connectivity index (χ0v) is 10.8. The molecule has 0 saturated heterocycles. The van der Waals surface area contributed by atoms with Crippen LogP contribution >= 0.6 is 11.6 Å². The van der Waals surface area contributed by atoms with Gasteiger partial charge in [-0.15, -0.1) is 0 Å². The number of rotatable bonds is 5. The summed E-state index contributed by atoms with van der Waals surface area (Å²) in [7, 11) is -3.25. The summed E-state index contributed by atoms with van der Waals surface area (Å²) in [6.45, 7) is 2.56. The molecule has 0 bridgehead atoms. The van der Waals surface area contributed by atoms with Gasteiger partial charge in [-0.2, -0.15) is 5.10 Å². The minimum atomic E-state index is -3.25. The Hall–Kier alpha value is -0.590. The molecule has 92 valence electrons. The Labute approximate surface area is 100.0 Å². The Bertz CT molecular complexity index is 455. The maximum Gasteiger partial charge on any atom is 0.150 e. The molecule has 1 rings (SSSR count). The Balaban J connectivity index is 2.97. The summed E-state index contributed by atoms with van der Waals surface area (Å²) < 4.78 is 23.7. The van der Waals surface area contributed by atoms with E-state index in [1.807, 2.05) is 6.92 Å². The van der Waals surface area contributed by atoms with Crippen LogP contribution in [0.5, 0.6) is 0 Å². The maximum atomic E-state index is 11.1. The van der Waals surface area contributed by atoms with E-state index in [4.69, 9.17) is 11.6 Å². The predicted molar refractivity (Wildman–Crippen MR) is 62.2 cm³/mol. The summed E-state index contributed by atoms with van der Waals surface area (Å²) in [6.07, 6.45) is 2.19. The normalized spacial score (nSPS) is 14.0. The molecule has 1 aromatic rings. The van der Waals surface area contributed by atoms with Crippen LogP contribution in [0, 0.1) is 0 Å². The smallest absolute Gasteiger partial charge is 0.150 e. The molecule has 0 saturated carbocycles. The van der Waals surface area contributed by atoms with Gasteiger partial charge in [-0.1, -0.05) is 18.5 Å². The zero-order valence-electron chi connectivity index (χ0n) is 9.22. The van der Waals surface area contributed by atoms with E-state index in [0.717, 1.165) is 12.7 Å². The molecule has 1 N–H and O–H groups in total. The lowest BCUT2D eigenvalue weighted by Crippen LogP contribution is -2.17. The number of aliphatic hydroxyl groups excluding tert-OH is 1. The Morgan fingerprint density at radius 2 is 2.25 bits per heavy atom. The number of halogens is 1. The number of aliphatic hydroxyl groups is 1. The van der Waals surface area contributed by atoms with Gasteiger partial charge in [0, 0.05) is 12.8 Å². The molecule has 0 aromatic carbocycles. The van der Waals surface area contributed by atoms with Gasteiger partial charge in [0.25, 0.3) is 0 Å². The van der Waals surface area contributed by atoms with Crippen LogP contribution in [0.2, 0.25) is 5.02 Å². The van der Waals surface area contributed by atoms with Crippen molar-refractivity contribution in [2.45, 2.75) is 26.0 Å². The first-order valence-corrected chi connectivity index (χ1v) is 7.36. The fraction of sp³-hybridized carbons (Fsp3) is 0.667. The minimum absolute atomic E-state index is 0.296. The molecule has 0 aliphatic rings. The molecule has 16 heavy (non-hydrogen) atoms. The number of aryl methyl sites for hydroxylation is 1. The van der Waals surface area contributed by atoms with Gasteiger partial charge in [-0.3, -0.25) is 4.68 Å². The molecule has 1 aromatic heterocycles. The number of sulfone groups is 1. The SMILES string of the molecule is CCCn1ncc(Cl)c1C(O)CS(C)(=O)=O. The third-order valence-corrected chi connectivity index (χ3v) is 3.26. The van der Waals surface area contributed by atoms with Gasteiger partial charge in [0.2, 0.25) is 0 Å². The summed E-state index contributed by atoms with van der Waals surface area (Å²) in [5.74, 6) is -0.345. The van der Waals surface area contributed by atoms with Gasteiger partial charge in [-0.05, 0) is 6.42 Å². The van der Waals surface area contributed by atoms with Crippen LogP contribution in [-0.2, 0) is 16.4 Å². The number of hydrogen-bond acceptors (Lipinski definition) is 4. The fourth-order valence-corrected chi connectivity index (χ4v) is 2.46. The van der Waals surface area contributed by atoms with E-state index in [1.165, 1.54) is 10.9 Å². The van der Waals surface area contributed by atoms with Crippen LogP contribution in [0.15, 0.2) is 6.20 Å². The molecule has 0 amide bonds. The molecular formula is C9H15ClN2O3S. The highest BCUT2D eigenvalue weighted by Crippen LogP contribution is 2.23. The van der Waals surface area contributed by atoms with Crippen molar-refractivity contribution in [3.63, 3.8) is 0 Å². The second-order valence-electron chi connectivity index (χ2n) is 3.71. The molecule has 1 heterocycles. The summed E-state index contributed by atoms with van der Waals surface area (Å²) in [5.41, 5.74) is 0.369. The first kappa shape index (κ1) is 13.5. The van der Waals surface area contributed by atoms with Gasteiger partial charge >= 0.3 is 0 Å². The average molecular weight is 267 g/mol. The highest BCUT2D eigenvalue weighted by molar-refractivity contribution is 7.90. The van der Waals surface area contributed by atoms with E-state index < -0.39 is 15.9 Å². The van der Waals surface area contributed by atoms with E-state index >= 15 is 0 Å². The molecule has 1 unspecified atom stereocenters. The topological polar surface area (TPSA) is 72.2 Å². The van der Waals surface area contributed by atoms with E-state index in [1.54, 1.807) is 0 Å². The Kier molecular flexibility index (Phi) is 4.35. The van der Waals surface area contributed by atoms with Crippen molar-refractivity contribution in [1.29, 1.82) is 0 Å². The first-order chi connectivity index (χ1) is 7.35. The van der Waals surface area contributed by atoms with Crippen molar-refractivity contribution in [2.75, 3.05) is 12.0 Å². The molecule has 7 heteroatoms. The minimum Gasteiger partial charge on any atom is -0.386 e. The van der Waals surface area contributed by atoms with Gasteiger partial charge in [0.1, 0.15) is 15.9 Å². The van der Waals surface area contributed by atoms with Crippen molar-refractivity contribution in [3.05, 3.63) is 16.9 Å². The first-order valence-electron chi connectivity index (χ1n) is 4.92. The van der Waals surface area contributed by atoms with Gasteiger partial charge in [0.05, 0.1) is 22.7 Å². The molecule has 0 radical (unpaired) electrons. The zero-order chi connectivity index (χ0) is 12.3. The van der Waals surface area contributed by atoms with Crippen molar-refractivity contribution in [1.82, 2.24) is 9.78 Å². The summed E-state index contributed by atoms with van der Waals surface area (Å²) in [6, 6.07) is 0. The average Bonchev–Trinajstić information content (AvgIpc) is 2.44. The molecule has 5 nitrogen and oxygen atoms in total. The third kappa shape index (κ3) is 3.47. The predicted octanol–water partition coefficient (Wildman–Crippen LogP) is 1.02. The van der Waals surface area contributed by atoms with E-state index in [0.29, 0.717) is 17.3 Å². The maximum absolute atomic E-state index is 11.1. The molecular weight excluding hydrogens is 252 g/mol. The van der Waals surface area contributed by atoms with E-state index in [-0.39, 0.29) is 5.75 Å². The van der Waals surface area contributed by atoms with Crippen LogP contribution < -0.4 is 0 Å².